The Kier molecular flexibility index (Phi) is 4.38. The lowest BCUT2D eigenvalue weighted by Gasteiger charge is -2.13. The Morgan fingerprint density at radius 2 is 1.43 bits per heavy atom. The van der Waals surface area contributed by atoms with Crippen LogP contribution in [0.2, 0.25) is 5.02 Å². The number of rotatable bonds is 2. The van der Waals surface area contributed by atoms with Crippen molar-refractivity contribution in [2.24, 2.45) is 0 Å². The van der Waals surface area contributed by atoms with E-state index >= 15 is 0 Å². The molecule has 0 saturated carbocycles. The summed E-state index contributed by atoms with van der Waals surface area (Å²) in [4.78, 5) is 4.99. The monoisotopic (exact) mass is 443 g/mol. The summed E-state index contributed by atoms with van der Waals surface area (Å²) < 4.78 is 1.06. The average Bonchev–Trinajstić information content (AvgIpc) is 2.74. The summed E-state index contributed by atoms with van der Waals surface area (Å²) in [5, 5.41) is 4.32. The van der Waals surface area contributed by atoms with Gasteiger partial charge in [0, 0.05) is 20.4 Å². The molecule has 0 N–H and O–H groups in total. The molecule has 0 aliphatic heterocycles. The molecule has 5 rings (SSSR count). The van der Waals surface area contributed by atoms with E-state index in [2.05, 4.69) is 82.7 Å². The quantitative estimate of drug-likeness (QED) is 0.250. The number of hydrogen-bond donors (Lipinski definition) is 0. The number of halogens is 2. The van der Waals surface area contributed by atoms with Crippen LogP contribution < -0.4 is 0 Å². The number of pyridine rings is 1. The molecule has 0 spiro atoms. The summed E-state index contributed by atoms with van der Waals surface area (Å²) in [5.74, 6) is 0. The molecular weight excluding hydrogens is 430 g/mol. The van der Waals surface area contributed by atoms with E-state index in [0.29, 0.717) is 0 Å². The van der Waals surface area contributed by atoms with Crippen LogP contribution in [0.4, 0.5) is 0 Å². The number of benzene rings is 4. The van der Waals surface area contributed by atoms with Crippen LogP contribution in [0.1, 0.15) is 0 Å². The van der Waals surface area contributed by atoms with Crippen LogP contribution in [0, 0.1) is 0 Å². The maximum atomic E-state index is 6.14. The molecular formula is C25H15BrClN. The molecule has 5 aromatic rings. The largest absolute Gasteiger partial charge is 0.248 e. The van der Waals surface area contributed by atoms with Crippen LogP contribution in [0.25, 0.3) is 44.1 Å². The lowest BCUT2D eigenvalue weighted by molar-refractivity contribution is 1.40. The van der Waals surface area contributed by atoms with E-state index in [1.54, 1.807) is 0 Å². The summed E-state index contributed by atoms with van der Waals surface area (Å²) in [6, 6.07) is 31.2. The Hall–Kier alpha value is -2.68. The topological polar surface area (TPSA) is 12.9 Å². The standard InChI is InChI=1S/C25H15BrClN/c26-19-10-5-18(6-11-19)24-15-22(17-7-12-20(27)13-8-17)25-21-4-2-1-3-16(21)9-14-23(25)28-24/h1-15H. The van der Waals surface area contributed by atoms with Gasteiger partial charge < -0.3 is 0 Å². The first kappa shape index (κ1) is 17.4. The number of fused-ring (bicyclic) bond motifs is 3. The number of nitrogens with zero attached hydrogens (tertiary/aromatic N) is 1. The molecule has 3 heteroatoms. The molecule has 1 nitrogen and oxygen atoms in total. The third-order valence-electron chi connectivity index (χ3n) is 4.99. The van der Waals surface area contributed by atoms with Crippen LogP contribution in [0.5, 0.6) is 0 Å². The maximum absolute atomic E-state index is 6.14. The maximum Gasteiger partial charge on any atom is 0.0722 e. The van der Waals surface area contributed by atoms with E-state index < -0.39 is 0 Å². The van der Waals surface area contributed by atoms with E-state index in [1.807, 2.05) is 24.3 Å². The molecule has 0 radical (unpaired) electrons. The Morgan fingerprint density at radius 3 is 2.21 bits per heavy atom. The zero-order chi connectivity index (χ0) is 19.1. The SMILES string of the molecule is Clc1ccc(-c2cc(-c3ccc(Br)cc3)nc3ccc4ccccc4c23)cc1. The molecule has 0 amide bonds. The van der Waals surface area contributed by atoms with Gasteiger partial charge in [-0.05, 0) is 58.3 Å². The summed E-state index contributed by atoms with van der Waals surface area (Å²) in [5.41, 5.74) is 5.33. The Balaban J connectivity index is 1.87. The summed E-state index contributed by atoms with van der Waals surface area (Å²) in [7, 11) is 0. The minimum atomic E-state index is 0.736. The van der Waals surface area contributed by atoms with Gasteiger partial charge in [-0.1, -0.05) is 82.1 Å². The zero-order valence-electron chi connectivity index (χ0n) is 14.9. The summed E-state index contributed by atoms with van der Waals surface area (Å²) >= 11 is 9.65. The van der Waals surface area contributed by atoms with Gasteiger partial charge in [-0.15, -0.1) is 0 Å². The summed E-state index contributed by atoms with van der Waals surface area (Å²) in [6.07, 6.45) is 0. The first-order valence-corrected chi connectivity index (χ1v) is 10.2. The molecule has 0 atom stereocenters. The van der Waals surface area contributed by atoms with Gasteiger partial charge in [0.1, 0.15) is 0 Å². The first-order chi connectivity index (χ1) is 13.7. The van der Waals surface area contributed by atoms with Crippen molar-refractivity contribution in [1.29, 1.82) is 0 Å². The fourth-order valence-corrected chi connectivity index (χ4v) is 4.02. The molecule has 1 heterocycles. The van der Waals surface area contributed by atoms with E-state index in [1.165, 1.54) is 16.2 Å². The van der Waals surface area contributed by atoms with Crippen molar-refractivity contribution in [1.82, 2.24) is 4.98 Å². The molecule has 0 aliphatic rings. The van der Waals surface area contributed by atoms with Crippen molar-refractivity contribution < 1.29 is 0 Å². The van der Waals surface area contributed by atoms with Crippen molar-refractivity contribution >= 4 is 49.2 Å². The second kappa shape index (κ2) is 7.05. The lowest BCUT2D eigenvalue weighted by atomic mass is 9.94. The van der Waals surface area contributed by atoms with Crippen molar-refractivity contribution in [2.45, 2.75) is 0 Å². The second-order valence-corrected chi connectivity index (χ2v) is 8.10. The molecule has 0 unspecified atom stereocenters. The molecule has 0 fully saturated rings. The lowest BCUT2D eigenvalue weighted by Crippen LogP contribution is -1.91. The Morgan fingerprint density at radius 1 is 0.714 bits per heavy atom. The highest BCUT2D eigenvalue weighted by Crippen LogP contribution is 2.37. The molecule has 28 heavy (non-hydrogen) atoms. The molecule has 0 saturated heterocycles. The molecule has 1 aromatic heterocycles. The molecule has 0 aliphatic carbocycles. The predicted octanol–water partition coefficient (Wildman–Crippen LogP) is 8.14. The predicted molar refractivity (Wildman–Crippen MR) is 123 cm³/mol. The van der Waals surface area contributed by atoms with Gasteiger partial charge in [0.25, 0.3) is 0 Å². The van der Waals surface area contributed by atoms with Crippen LogP contribution in [0.15, 0.2) is 95.5 Å². The van der Waals surface area contributed by atoms with Crippen molar-refractivity contribution in [3.63, 3.8) is 0 Å². The highest BCUT2D eigenvalue weighted by molar-refractivity contribution is 9.10. The third-order valence-corrected chi connectivity index (χ3v) is 5.77. The fraction of sp³-hybridized carbons (Fsp3) is 0. The van der Waals surface area contributed by atoms with Gasteiger partial charge in [0.2, 0.25) is 0 Å². The van der Waals surface area contributed by atoms with Gasteiger partial charge in [-0.2, -0.15) is 0 Å². The van der Waals surface area contributed by atoms with Gasteiger partial charge >= 0.3 is 0 Å². The fourth-order valence-electron chi connectivity index (χ4n) is 3.63. The molecule has 4 aromatic carbocycles. The van der Waals surface area contributed by atoms with Crippen molar-refractivity contribution in [2.75, 3.05) is 0 Å². The van der Waals surface area contributed by atoms with Crippen LogP contribution in [0.3, 0.4) is 0 Å². The van der Waals surface area contributed by atoms with Crippen molar-refractivity contribution in [3.05, 3.63) is 100 Å². The number of aromatic nitrogens is 1. The second-order valence-electron chi connectivity index (χ2n) is 6.75. The van der Waals surface area contributed by atoms with Crippen LogP contribution >= 0.6 is 27.5 Å². The highest BCUT2D eigenvalue weighted by atomic mass is 79.9. The zero-order valence-corrected chi connectivity index (χ0v) is 17.2. The van der Waals surface area contributed by atoms with Gasteiger partial charge in [-0.25, -0.2) is 4.98 Å². The third kappa shape index (κ3) is 3.09. The number of hydrogen-bond acceptors (Lipinski definition) is 1. The van der Waals surface area contributed by atoms with Gasteiger partial charge in [-0.3, -0.25) is 0 Å². The van der Waals surface area contributed by atoms with E-state index in [4.69, 9.17) is 16.6 Å². The summed E-state index contributed by atoms with van der Waals surface area (Å²) in [6.45, 7) is 0. The van der Waals surface area contributed by atoms with Crippen molar-refractivity contribution in [3.8, 4) is 22.4 Å². The van der Waals surface area contributed by atoms with E-state index in [-0.39, 0.29) is 0 Å². The molecule has 0 bridgehead atoms. The normalized spacial score (nSPS) is 11.2. The van der Waals surface area contributed by atoms with E-state index in [9.17, 15) is 0 Å². The minimum absolute atomic E-state index is 0.736. The minimum Gasteiger partial charge on any atom is -0.248 e. The van der Waals surface area contributed by atoms with Crippen LogP contribution in [-0.4, -0.2) is 4.98 Å². The smallest absolute Gasteiger partial charge is 0.0722 e. The van der Waals surface area contributed by atoms with Gasteiger partial charge in [0.15, 0.2) is 0 Å². The first-order valence-electron chi connectivity index (χ1n) is 9.03. The Labute approximate surface area is 176 Å². The van der Waals surface area contributed by atoms with Crippen LogP contribution in [-0.2, 0) is 0 Å². The van der Waals surface area contributed by atoms with Gasteiger partial charge in [0.05, 0.1) is 11.2 Å². The molecule has 134 valence electrons. The highest BCUT2D eigenvalue weighted by Gasteiger charge is 2.12. The van der Waals surface area contributed by atoms with E-state index in [0.717, 1.165) is 37.4 Å². The average molecular weight is 445 g/mol. The Bertz CT molecular complexity index is 1310.